The number of amides is 2. The van der Waals surface area contributed by atoms with Gasteiger partial charge in [0.1, 0.15) is 12.3 Å². The van der Waals surface area contributed by atoms with Crippen molar-refractivity contribution in [3.05, 3.63) is 58.1 Å². The predicted molar refractivity (Wildman–Crippen MR) is 105 cm³/mol. The van der Waals surface area contributed by atoms with Gasteiger partial charge in [-0.3, -0.25) is 19.7 Å². The summed E-state index contributed by atoms with van der Waals surface area (Å²) in [5.74, 6) is -0.747. The highest BCUT2D eigenvalue weighted by Crippen LogP contribution is 2.31. The van der Waals surface area contributed by atoms with Crippen LogP contribution in [0.4, 0.5) is 22.7 Å². The second-order valence-corrected chi connectivity index (χ2v) is 6.42. The third-order valence-electron chi connectivity index (χ3n) is 4.10. The highest BCUT2D eigenvalue weighted by molar-refractivity contribution is 6.05. The number of ether oxygens (including phenoxy) is 1. The molecule has 0 saturated heterocycles. The van der Waals surface area contributed by atoms with Gasteiger partial charge >= 0.3 is 0 Å². The molecule has 1 fully saturated rings. The number of rotatable bonds is 8. The molecule has 1 aliphatic carbocycles. The summed E-state index contributed by atoms with van der Waals surface area (Å²) in [6, 6.07) is 11.1. The Morgan fingerprint density at radius 2 is 1.75 bits per heavy atom. The van der Waals surface area contributed by atoms with Crippen molar-refractivity contribution in [1.29, 1.82) is 0 Å². The van der Waals surface area contributed by atoms with E-state index in [1.807, 2.05) is 0 Å². The molecule has 0 atom stereocenters. The van der Waals surface area contributed by atoms with Crippen LogP contribution >= 0.6 is 0 Å². The molecule has 9 nitrogen and oxygen atoms in total. The molecule has 0 aromatic heterocycles. The molecule has 0 spiro atoms. The highest BCUT2D eigenvalue weighted by Gasteiger charge is 2.25. The fourth-order valence-corrected chi connectivity index (χ4v) is 2.56. The fourth-order valence-electron chi connectivity index (χ4n) is 2.56. The van der Waals surface area contributed by atoms with E-state index in [2.05, 4.69) is 16.0 Å². The van der Waals surface area contributed by atoms with Crippen LogP contribution in [0.2, 0.25) is 0 Å². The third-order valence-corrected chi connectivity index (χ3v) is 4.10. The first-order valence-electron chi connectivity index (χ1n) is 8.71. The Labute approximate surface area is 161 Å². The second kappa shape index (κ2) is 8.49. The van der Waals surface area contributed by atoms with E-state index < -0.39 is 10.8 Å². The van der Waals surface area contributed by atoms with Gasteiger partial charge in [0.15, 0.2) is 0 Å². The number of methoxy groups -OCH3 is 1. The molecule has 0 heterocycles. The zero-order valence-corrected chi connectivity index (χ0v) is 15.2. The number of anilines is 3. The van der Waals surface area contributed by atoms with Crippen molar-refractivity contribution in [3.8, 4) is 0 Å². The van der Waals surface area contributed by atoms with Crippen molar-refractivity contribution in [2.45, 2.75) is 18.9 Å². The average molecular weight is 384 g/mol. The molecule has 0 aliphatic heterocycles. The molecule has 2 amide bonds. The van der Waals surface area contributed by atoms with Crippen LogP contribution in [-0.4, -0.2) is 36.5 Å². The first-order valence-corrected chi connectivity index (χ1v) is 8.71. The van der Waals surface area contributed by atoms with Gasteiger partial charge in [-0.25, -0.2) is 0 Å². The van der Waals surface area contributed by atoms with E-state index in [0.29, 0.717) is 17.1 Å². The summed E-state index contributed by atoms with van der Waals surface area (Å²) in [5.41, 5.74) is 1.53. The van der Waals surface area contributed by atoms with E-state index in [1.165, 1.54) is 13.2 Å². The first-order chi connectivity index (χ1) is 13.5. The number of nitrogens with one attached hydrogen (secondary N) is 3. The number of nitro groups is 1. The summed E-state index contributed by atoms with van der Waals surface area (Å²) in [7, 11) is 1.43. The van der Waals surface area contributed by atoms with Crippen molar-refractivity contribution in [2.75, 3.05) is 29.7 Å². The summed E-state index contributed by atoms with van der Waals surface area (Å²) in [6.45, 7) is -0.0527. The summed E-state index contributed by atoms with van der Waals surface area (Å²) >= 11 is 0. The molecule has 3 N–H and O–H groups in total. The van der Waals surface area contributed by atoms with Crippen LogP contribution in [0.3, 0.4) is 0 Å². The van der Waals surface area contributed by atoms with Gasteiger partial charge in [0.2, 0.25) is 5.91 Å². The Bertz CT molecular complexity index is 894. The van der Waals surface area contributed by atoms with Crippen molar-refractivity contribution < 1.29 is 19.2 Å². The van der Waals surface area contributed by atoms with Crippen LogP contribution in [0.5, 0.6) is 0 Å². The minimum atomic E-state index is -0.501. The predicted octanol–water partition coefficient (Wildman–Crippen LogP) is 3.01. The number of carbonyl (C=O) groups excluding carboxylic acids is 2. The number of hydrogen-bond donors (Lipinski definition) is 3. The van der Waals surface area contributed by atoms with Crippen LogP contribution in [-0.2, 0) is 9.53 Å². The smallest absolute Gasteiger partial charge is 0.293 e. The third kappa shape index (κ3) is 5.04. The number of benzene rings is 2. The van der Waals surface area contributed by atoms with E-state index in [4.69, 9.17) is 4.74 Å². The second-order valence-electron chi connectivity index (χ2n) is 6.42. The quantitative estimate of drug-likeness (QED) is 0.475. The van der Waals surface area contributed by atoms with Gasteiger partial charge in [-0.05, 0) is 49.2 Å². The Morgan fingerprint density at radius 1 is 1.11 bits per heavy atom. The van der Waals surface area contributed by atoms with Crippen LogP contribution in [0.25, 0.3) is 0 Å². The maximum atomic E-state index is 12.4. The summed E-state index contributed by atoms with van der Waals surface area (Å²) in [6.07, 6.45) is 1.97. The van der Waals surface area contributed by atoms with Gasteiger partial charge in [0, 0.05) is 36.2 Å². The molecule has 3 rings (SSSR count). The van der Waals surface area contributed by atoms with Crippen molar-refractivity contribution >= 4 is 34.6 Å². The summed E-state index contributed by atoms with van der Waals surface area (Å²) in [4.78, 5) is 34.7. The average Bonchev–Trinajstić information content (AvgIpc) is 3.47. The van der Waals surface area contributed by atoms with Crippen LogP contribution in [0.1, 0.15) is 23.2 Å². The van der Waals surface area contributed by atoms with Gasteiger partial charge < -0.3 is 20.7 Å². The molecule has 0 unspecified atom stereocenters. The maximum Gasteiger partial charge on any atom is 0.293 e. The fraction of sp³-hybridized carbons (Fsp3) is 0.263. The van der Waals surface area contributed by atoms with E-state index in [1.54, 1.807) is 36.4 Å². The molecule has 0 bridgehead atoms. The van der Waals surface area contributed by atoms with Crippen LogP contribution < -0.4 is 16.0 Å². The lowest BCUT2D eigenvalue weighted by molar-refractivity contribution is -0.384. The van der Waals surface area contributed by atoms with Crippen molar-refractivity contribution in [2.24, 2.45) is 0 Å². The Kier molecular flexibility index (Phi) is 5.85. The number of hydrogen-bond acceptors (Lipinski definition) is 6. The normalized spacial score (nSPS) is 12.9. The molecule has 2 aromatic carbocycles. The van der Waals surface area contributed by atoms with Gasteiger partial charge in [0.25, 0.3) is 11.6 Å². The van der Waals surface area contributed by atoms with E-state index in [-0.39, 0.29) is 29.8 Å². The topological polar surface area (TPSA) is 123 Å². The highest BCUT2D eigenvalue weighted by atomic mass is 16.6. The molecular weight excluding hydrogens is 364 g/mol. The number of nitro benzene ring substituents is 1. The molecule has 1 aliphatic rings. The lowest BCUT2D eigenvalue weighted by atomic mass is 10.1. The molecule has 9 heteroatoms. The zero-order chi connectivity index (χ0) is 20.1. The Morgan fingerprint density at radius 3 is 2.32 bits per heavy atom. The van der Waals surface area contributed by atoms with E-state index in [9.17, 15) is 19.7 Å². The lowest BCUT2D eigenvalue weighted by Crippen LogP contribution is -2.17. The van der Waals surface area contributed by atoms with Gasteiger partial charge in [-0.15, -0.1) is 0 Å². The molecule has 1 saturated carbocycles. The number of carbonyl (C=O) groups is 2. The first kappa shape index (κ1) is 19.3. The standard InChI is InChI=1S/C19H20N4O5/c1-28-11-18(24)21-14-5-7-15(8-6-14)22-19(25)12-2-9-16(20-13-3-4-13)17(10-12)23(26)27/h2,5-10,13,20H,3-4,11H2,1H3,(H,21,24)(H,22,25). The van der Waals surface area contributed by atoms with E-state index in [0.717, 1.165) is 12.8 Å². The molecule has 2 aromatic rings. The Hall–Kier alpha value is -3.46. The molecular formula is C19H20N4O5. The van der Waals surface area contributed by atoms with Gasteiger partial charge in [-0.2, -0.15) is 0 Å². The monoisotopic (exact) mass is 384 g/mol. The minimum Gasteiger partial charge on any atom is -0.377 e. The minimum absolute atomic E-state index is 0.0527. The van der Waals surface area contributed by atoms with Crippen molar-refractivity contribution in [1.82, 2.24) is 0 Å². The molecule has 146 valence electrons. The molecule has 28 heavy (non-hydrogen) atoms. The molecule has 0 radical (unpaired) electrons. The summed E-state index contributed by atoms with van der Waals surface area (Å²) < 4.78 is 4.74. The SMILES string of the molecule is COCC(=O)Nc1ccc(NC(=O)c2ccc(NC3CC3)c([N+](=O)[O-])c2)cc1. The Balaban J connectivity index is 1.67. The van der Waals surface area contributed by atoms with Gasteiger partial charge in [0.05, 0.1) is 4.92 Å². The van der Waals surface area contributed by atoms with Gasteiger partial charge in [-0.1, -0.05) is 0 Å². The van der Waals surface area contributed by atoms with Crippen molar-refractivity contribution in [3.63, 3.8) is 0 Å². The van der Waals surface area contributed by atoms with Crippen LogP contribution in [0, 0.1) is 10.1 Å². The van der Waals surface area contributed by atoms with E-state index >= 15 is 0 Å². The zero-order valence-electron chi connectivity index (χ0n) is 15.2. The van der Waals surface area contributed by atoms with Crippen LogP contribution in [0.15, 0.2) is 42.5 Å². The maximum absolute atomic E-state index is 12.4. The lowest BCUT2D eigenvalue weighted by Gasteiger charge is -2.09. The summed E-state index contributed by atoms with van der Waals surface area (Å²) in [5, 5.41) is 19.7. The largest absolute Gasteiger partial charge is 0.377 e. The number of nitrogens with zero attached hydrogens (tertiary/aromatic N) is 1.